The molecule has 1 aromatic carbocycles. The van der Waals surface area contributed by atoms with Crippen LogP contribution in [0, 0.1) is 0 Å². The molecule has 140 valence electrons. The molecular weight excluding hydrogens is 422 g/mol. The molecule has 0 fully saturated rings. The standard InChI is InChI=1S/C21H22BrN3OS/c1-4-7-16-12-15(10-11-23-16)20-24-13-19(27-20)21(26)25(14(2)3)18-9-6-5-8-17(18)22/h5-6,8-14H,4,7H2,1-3H3. The van der Waals surface area contributed by atoms with Crippen LogP contribution in [0.4, 0.5) is 5.69 Å². The van der Waals surface area contributed by atoms with E-state index in [4.69, 9.17) is 0 Å². The van der Waals surface area contributed by atoms with Crippen LogP contribution in [-0.2, 0) is 6.42 Å². The first-order chi connectivity index (χ1) is 13.0. The Labute approximate surface area is 172 Å². The number of carbonyl (C=O) groups is 1. The van der Waals surface area contributed by atoms with E-state index in [1.54, 1.807) is 11.1 Å². The number of pyridine rings is 1. The smallest absolute Gasteiger partial charge is 0.270 e. The Balaban J connectivity index is 1.91. The fourth-order valence-corrected chi connectivity index (χ4v) is 4.22. The number of anilines is 1. The van der Waals surface area contributed by atoms with Gasteiger partial charge in [0.1, 0.15) is 9.88 Å². The van der Waals surface area contributed by atoms with Crippen LogP contribution in [0.15, 0.2) is 53.3 Å². The maximum absolute atomic E-state index is 13.2. The van der Waals surface area contributed by atoms with Gasteiger partial charge in [0, 0.05) is 28.0 Å². The minimum Gasteiger partial charge on any atom is -0.304 e. The minimum atomic E-state index is -0.0384. The number of amides is 1. The Hall–Kier alpha value is -2.05. The topological polar surface area (TPSA) is 46.1 Å². The first-order valence-corrected chi connectivity index (χ1v) is 10.6. The molecule has 6 heteroatoms. The number of nitrogens with zero attached hydrogens (tertiary/aromatic N) is 3. The minimum absolute atomic E-state index is 0.0267. The summed E-state index contributed by atoms with van der Waals surface area (Å²) in [6.07, 6.45) is 5.47. The van der Waals surface area contributed by atoms with Gasteiger partial charge in [-0.25, -0.2) is 4.98 Å². The lowest BCUT2D eigenvalue weighted by Gasteiger charge is -2.27. The number of para-hydroxylation sites is 1. The highest BCUT2D eigenvalue weighted by atomic mass is 79.9. The Morgan fingerprint density at radius 1 is 1.22 bits per heavy atom. The maximum Gasteiger partial charge on any atom is 0.270 e. The van der Waals surface area contributed by atoms with E-state index < -0.39 is 0 Å². The summed E-state index contributed by atoms with van der Waals surface area (Å²) >= 11 is 4.98. The fourth-order valence-electron chi connectivity index (χ4n) is 2.90. The predicted molar refractivity (Wildman–Crippen MR) is 115 cm³/mol. The van der Waals surface area contributed by atoms with Gasteiger partial charge in [0.15, 0.2) is 0 Å². The van der Waals surface area contributed by atoms with Gasteiger partial charge in [0.2, 0.25) is 0 Å². The zero-order chi connectivity index (χ0) is 19.4. The summed E-state index contributed by atoms with van der Waals surface area (Å²) in [5, 5.41) is 0.842. The SMILES string of the molecule is CCCc1cc(-c2ncc(C(=O)N(c3ccccc3Br)C(C)C)s2)ccn1. The summed E-state index contributed by atoms with van der Waals surface area (Å²) in [7, 11) is 0. The van der Waals surface area contributed by atoms with Crippen molar-refractivity contribution in [2.24, 2.45) is 0 Å². The van der Waals surface area contributed by atoms with E-state index in [1.165, 1.54) is 11.3 Å². The Kier molecular flexibility index (Phi) is 6.39. The van der Waals surface area contributed by atoms with E-state index in [0.29, 0.717) is 4.88 Å². The number of aryl methyl sites for hydroxylation is 1. The molecule has 0 radical (unpaired) electrons. The van der Waals surface area contributed by atoms with Gasteiger partial charge >= 0.3 is 0 Å². The summed E-state index contributed by atoms with van der Waals surface area (Å²) in [5.41, 5.74) is 2.92. The number of carbonyl (C=O) groups excluding carboxylic acids is 1. The van der Waals surface area contributed by atoms with Gasteiger partial charge in [0.25, 0.3) is 5.91 Å². The van der Waals surface area contributed by atoms with Gasteiger partial charge in [-0.05, 0) is 60.5 Å². The molecule has 27 heavy (non-hydrogen) atoms. The molecule has 0 aliphatic heterocycles. The van der Waals surface area contributed by atoms with Crippen LogP contribution in [-0.4, -0.2) is 21.9 Å². The third-order valence-corrected chi connectivity index (χ3v) is 5.84. The summed E-state index contributed by atoms with van der Waals surface area (Å²) in [5.74, 6) is -0.0384. The van der Waals surface area contributed by atoms with Crippen molar-refractivity contribution in [2.75, 3.05) is 4.90 Å². The number of aromatic nitrogens is 2. The molecule has 3 aromatic rings. The van der Waals surface area contributed by atoms with Crippen LogP contribution < -0.4 is 4.90 Å². The fraction of sp³-hybridized carbons (Fsp3) is 0.286. The number of thiazole rings is 1. The normalized spacial score (nSPS) is 11.0. The second-order valence-corrected chi connectivity index (χ2v) is 8.42. The molecule has 0 spiro atoms. The van der Waals surface area contributed by atoms with Crippen molar-refractivity contribution >= 4 is 38.9 Å². The lowest BCUT2D eigenvalue weighted by molar-refractivity contribution is 0.0984. The molecule has 0 aliphatic rings. The molecule has 1 amide bonds. The highest BCUT2D eigenvalue weighted by Crippen LogP contribution is 2.31. The lowest BCUT2D eigenvalue weighted by Crippen LogP contribution is -2.36. The molecule has 2 heterocycles. The largest absolute Gasteiger partial charge is 0.304 e. The molecular formula is C21H22BrN3OS. The van der Waals surface area contributed by atoms with Crippen molar-refractivity contribution in [3.63, 3.8) is 0 Å². The van der Waals surface area contributed by atoms with E-state index >= 15 is 0 Å². The van der Waals surface area contributed by atoms with Crippen LogP contribution in [0.5, 0.6) is 0 Å². The predicted octanol–water partition coefficient (Wildman–Crippen LogP) is 5.98. The molecule has 0 N–H and O–H groups in total. The zero-order valence-electron chi connectivity index (χ0n) is 15.6. The van der Waals surface area contributed by atoms with Gasteiger partial charge in [-0.1, -0.05) is 25.5 Å². The van der Waals surface area contributed by atoms with Crippen LogP contribution in [0.2, 0.25) is 0 Å². The molecule has 0 bridgehead atoms. The maximum atomic E-state index is 13.2. The Bertz CT molecular complexity index is 938. The second-order valence-electron chi connectivity index (χ2n) is 6.54. The summed E-state index contributed by atoms with van der Waals surface area (Å²) in [6, 6.07) is 11.8. The quantitative estimate of drug-likeness (QED) is 0.470. The number of benzene rings is 1. The van der Waals surface area contributed by atoms with Gasteiger partial charge in [-0.2, -0.15) is 0 Å². The molecule has 0 saturated heterocycles. The first kappa shape index (κ1) is 19.7. The second kappa shape index (κ2) is 8.76. The van der Waals surface area contributed by atoms with Gasteiger partial charge in [-0.3, -0.25) is 9.78 Å². The number of halogens is 1. The monoisotopic (exact) mass is 443 g/mol. The Morgan fingerprint density at radius 2 is 2.00 bits per heavy atom. The molecule has 3 rings (SSSR count). The van der Waals surface area contributed by atoms with Crippen molar-refractivity contribution in [1.29, 1.82) is 0 Å². The average molecular weight is 444 g/mol. The van der Waals surface area contributed by atoms with Crippen LogP contribution in [0.1, 0.15) is 42.6 Å². The van der Waals surface area contributed by atoms with Crippen LogP contribution in [0.3, 0.4) is 0 Å². The molecule has 2 aromatic heterocycles. The van der Waals surface area contributed by atoms with Crippen LogP contribution >= 0.6 is 27.3 Å². The van der Waals surface area contributed by atoms with Crippen molar-refractivity contribution in [1.82, 2.24) is 9.97 Å². The Morgan fingerprint density at radius 3 is 2.70 bits per heavy atom. The molecule has 0 unspecified atom stereocenters. The third kappa shape index (κ3) is 4.45. The summed E-state index contributed by atoms with van der Waals surface area (Å²) in [4.78, 5) is 24.5. The van der Waals surface area contributed by atoms with E-state index in [0.717, 1.165) is 39.3 Å². The van der Waals surface area contributed by atoms with Crippen molar-refractivity contribution in [2.45, 2.75) is 39.7 Å². The van der Waals surface area contributed by atoms with Crippen molar-refractivity contribution in [3.8, 4) is 10.6 Å². The van der Waals surface area contributed by atoms with Gasteiger partial charge in [-0.15, -0.1) is 11.3 Å². The third-order valence-electron chi connectivity index (χ3n) is 4.13. The van der Waals surface area contributed by atoms with E-state index in [2.05, 4.69) is 38.9 Å². The zero-order valence-corrected chi connectivity index (χ0v) is 18.0. The number of hydrogen-bond donors (Lipinski definition) is 0. The van der Waals surface area contributed by atoms with Crippen LogP contribution in [0.25, 0.3) is 10.6 Å². The first-order valence-electron chi connectivity index (χ1n) is 9.00. The van der Waals surface area contributed by atoms with Crippen molar-refractivity contribution < 1.29 is 4.79 Å². The van der Waals surface area contributed by atoms with Crippen molar-refractivity contribution in [3.05, 3.63) is 63.8 Å². The average Bonchev–Trinajstić information content (AvgIpc) is 3.14. The molecule has 0 aliphatic carbocycles. The number of hydrogen-bond acceptors (Lipinski definition) is 4. The highest BCUT2D eigenvalue weighted by Gasteiger charge is 2.24. The molecule has 0 atom stereocenters. The van der Waals surface area contributed by atoms with Gasteiger partial charge in [0.05, 0.1) is 11.9 Å². The summed E-state index contributed by atoms with van der Waals surface area (Å²) < 4.78 is 0.898. The van der Waals surface area contributed by atoms with E-state index in [9.17, 15) is 4.79 Å². The summed E-state index contributed by atoms with van der Waals surface area (Å²) in [6.45, 7) is 6.16. The lowest BCUT2D eigenvalue weighted by atomic mass is 10.2. The number of rotatable bonds is 6. The van der Waals surface area contributed by atoms with E-state index in [1.807, 2.05) is 50.4 Å². The molecule has 4 nitrogen and oxygen atoms in total. The molecule has 0 saturated carbocycles. The van der Waals surface area contributed by atoms with E-state index in [-0.39, 0.29) is 11.9 Å². The van der Waals surface area contributed by atoms with Gasteiger partial charge < -0.3 is 4.90 Å². The highest BCUT2D eigenvalue weighted by molar-refractivity contribution is 9.10.